The van der Waals surface area contributed by atoms with Crippen LogP contribution in [-0.2, 0) is 9.59 Å². The lowest BCUT2D eigenvalue weighted by Crippen LogP contribution is -2.53. The average Bonchev–Trinajstić information content (AvgIpc) is 2.32. The van der Waals surface area contributed by atoms with Crippen molar-refractivity contribution in [2.24, 2.45) is 5.41 Å². The number of carboxylic acids is 1. The van der Waals surface area contributed by atoms with Crippen molar-refractivity contribution < 1.29 is 28.6 Å². The van der Waals surface area contributed by atoms with E-state index in [0.29, 0.717) is 0 Å². The zero-order valence-corrected chi connectivity index (χ0v) is 12.1. The van der Waals surface area contributed by atoms with Gasteiger partial charge < -0.3 is 10.2 Å². The normalized spacial score (nSPS) is 30.9. The first-order valence-electron chi connectivity index (χ1n) is 6.35. The van der Waals surface area contributed by atoms with Gasteiger partial charge in [-0.3, -0.25) is 4.79 Å². The SMILES string of the molecule is CC1=CC(=O)C[C@](C)(C(F)F)[C@@]1(O)/C=C/C(C)=C\C(=O)O. The van der Waals surface area contributed by atoms with Gasteiger partial charge in [0.15, 0.2) is 5.78 Å². The minimum Gasteiger partial charge on any atom is -0.478 e. The molecule has 0 saturated carbocycles. The molecule has 1 aliphatic rings. The second kappa shape index (κ2) is 5.89. The summed E-state index contributed by atoms with van der Waals surface area (Å²) in [5.41, 5.74) is -3.57. The van der Waals surface area contributed by atoms with Gasteiger partial charge >= 0.3 is 5.97 Å². The van der Waals surface area contributed by atoms with E-state index >= 15 is 0 Å². The van der Waals surface area contributed by atoms with E-state index in [4.69, 9.17) is 5.11 Å². The first-order valence-corrected chi connectivity index (χ1v) is 6.35. The molecule has 0 aromatic rings. The van der Waals surface area contributed by atoms with Gasteiger partial charge in [0.1, 0.15) is 5.60 Å². The molecular formula is C15H18F2O4. The Balaban J connectivity index is 3.31. The molecule has 0 fully saturated rings. The Hall–Kier alpha value is -1.82. The molecule has 0 saturated heterocycles. The van der Waals surface area contributed by atoms with E-state index in [-0.39, 0.29) is 11.1 Å². The van der Waals surface area contributed by atoms with Gasteiger partial charge in [-0.05, 0) is 37.1 Å². The van der Waals surface area contributed by atoms with Crippen LogP contribution in [0.5, 0.6) is 0 Å². The van der Waals surface area contributed by atoms with Gasteiger partial charge in [-0.2, -0.15) is 0 Å². The van der Waals surface area contributed by atoms with Crippen LogP contribution >= 0.6 is 0 Å². The number of aliphatic carboxylic acids is 1. The molecule has 2 atom stereocenters. The predicted molar refractivity (Wildman–Crippen MR) is 73.0 cm³/mol. The van der Waals surface area contributed by atoms with E-state index in [1.807, 2.05) is 0 Å². The van der Waals surface area contributed by atoms with Gasteiger partial charge in [0.05, 0.1) is 5.41 Å². The quantitative estimate of drug-likeness (QED) is 0.618. The Bertz CT molecular complexity index is 548. The maximum absolute atomic E-state index is 13.4. The highest BCUT2D eigenvalue weighted by atomic mass is 19.3. The number of carbonyl (C=O) groups excluding carboxylic acids is 1. The van der Waals surface area contributed by atoms with E-state index in [1.165, 1.54) is 19.9 Å². The van der Waals surface area contributed by atoms with Crippen LogP contribution in [0.4, 0.5) is 8.78 Å². The monoisotopic (exact) mass is 300 g/mol. The van der Waals surface area contributed by atoms with Crippen LogP contribution in [0.2, 0.25) is 0 Å². The molecule has 0 unspecified atom stereocenters. The van der Waals surface area contributed by atoms with Crippen molar-refractivity contribution in [2.75, 3.05) is 0 Å². The molecule has 1 aliphatic carbocycles. The van der Waals surface area contributed by atoms with Crippen molar-refractivity contribution >= 4 is 11.8 Å². The van der Waals surface area contributed by atoms with Crippen molar-refractivity contribution in [1.82, 2.24) is 0 Å². The number of hydrogen-bond donors (Lipinski definition) is 2. The molecule has 2 N–H and O–H groups in total. The maximum Gasteiger partial charge on any atom is 0.328 e. The molecule has 0 radical (unpaired) electrons. The van der Waals surface area contributed by atoms with E-state index in [0.717, 1.165) is 25.2 Å². The van der Waals surface area contributed by atoms with E-state index in [1.54, 1.807) is 0 Å². The van der Waals surface area contributed by atoms with Gasteiger partial charge in [-0.1, -0.05) is 13.0 Å². The number of hydrogen-bond acceptors (Lipinski definition) is 3. The molecule has 0 bridgehead atoms. The molecule has 0 amide bonds. The molecule has 1 rings (SSSR count). The Kier molecular flexibility index (Phi) is 4.83. The molecule has 116 valence electrons. The van der Waals surface area contributed by atoms with E-state index in [9.17, 15) is 23.5 Å². The average molecular weight is 300 g/mol. The molecule has 4 nitrogen and oxygen atoms in total. The lowest BCUT2D eigenvalue weighted by atomic mass is 9.63. The summed E-state index contributed by atoms with van der Waals surface area (Å²) in [7, 11) is 0. The number of carboxylic acid groups (broad SMARTS) is 1. The minimum absolute atomic E-state index is 0.112. The largest absolute Gasteiger partial charge is 0.478 e. The molecule has 6 heteroatoms. The van der Waals surface area contributed by atoms with Gasteiger partial charge in [-0.25, -0.2) is 13.6 Å². The summed E-state index contributed by atoms with van der Waals surface area (Å²) in [5.74, 6) is -1.64. The van der Waals surface area contributed by atoms with E-state index in [2.05, 4.69) is 0 Å². The fraction of sp³-hybridized carbons (Fsp3) is 0.467. The molecular weight excluding hydrogens is 282 g/mol. The second-order valence-electron chi connectivity index (χ2n) is 5.51. The number of alkyl halides is 2. The summed E-state index contributed by atoms with van der Waals surface area (Å²) in [5, 5.41) is 19.3. The van der Waals surface area contributed by atoms with Gasteiger partial charge in [0.2, 0.25) is 6.43 Å². The highest BCUT2D eigenvalue weighted by molar-refractivity contribution is 5.93. The molecule has 0 aromatic heterocycles. The summed E-state index contributed by atoms with van der Waals surface area (Å²) in [6.07, 6.45) is 1.04. The first kappa shape index (κ1) is 17.2. The summed E-state index contributed by atoms with van der Waals surface area (Å²) in [4.78, 5) is 22.1. The zero-order chi connectivity index (χ0) is 16.4. The van der Waals surface area contributed by atoms with Crippen LogP contribution < -0.4 is 0 Å². The van der Waals surface area contributed by atoms with Gasteiger partial charge in [0, 0.05) is 12.5 Å². The highest BCUT2D eigenvalue weighted by Crippen LogP contribution is 2.48. The van der Waals surface area contributed by atoms with Crippen LogP contribution in [0.15, 0.2) is 35.5 Å². The lowest BCUT2D eigenvalue weighted by Gasteiger charge is -2.45. The molecule has 0 spiro atoms. The van der Waals surface area contributed by atoms with Crippen LogP contribution in [0.3, 0.4) is 0 Å². The smallest absolute Gasteiger partial charge is 0.328 e. The van der Waals surface area contributed by atoms with Gasteiger partial charge in [-0.15, -0.1) is 0 Å². The second-order valence-corrected chi connectivity index (χ2v) is 5.51. The molecule has 0 heterocycles. The summed E-state index contributed by atoms with van der Waals surface area (Å²) in [6.45, 7) is 4.02. The summed E-state index contributed by atoms with van der Waals surface area (Å²) >= 11 is 0. The third kappa shape index (κ3) is 3.26. The third-order valence-corrected chi connectivity index (χ3v) is 3.81. The third-order valence-electron chi connectivity index (χ3n) is 3.81. The van der Waals surface area contributed by atoms with Crippen LogP contribution in [0.1, 0.15) is 27.2 Å². The lowest BCUT2D eigenvalue weighted by molar-refractivity contribution is -0.139. The van der Waals surface area contributed by atoms with E-state index < -0.39 is 35.6 Å². The first-order chi connectivity index (χ1) is 9.53. The fourth-order valence-corrected chi connectivity index (χ4v) is 2.41. The predicted octanol–water partition coefficient (Wildman–Crippen LogP) is 2.50. The van der Waals surface area contributed by atoms with Crippen LogP contribution in [0.25, 0.3) is 0 Å². The van der Waals surface area contributed by atoms with Crippen LogP contribution in [0, 0.1) is 5.41 Å². The number of halogens is 2. The zero-order valence-electron chi connectivity index (χ0n) is 12.1. The number of allylic oxidation sites excluding steroid dienone is 3. The number of aliphatic hydroxyl groups is 1. The van der Waals surface area contributed by atoms with Crippen molar-refractivity contribution in [3.63, 3.8) is 0 Å². The molecule has 21 heavy (non-hydrogen) atoms. The van der Waals surface area contributed by atoms with Crippen molar-refractivity contribution in [3.8, 4) is 0 Å². The maximum atomic E-state index is 13.4. The Morgan fingerprint density at radius 2 is 2.05 bits per heavy atom. The molecule has 0 aromatic carbocycles. The standard InChI is InChI=1S/C15H18F2O4/c1-9(6-12(19)20)4-5-15(21)10(2)7-11(18)8-14(15,3)13(16)17/h4-7,13,21H,8H2,1-3H3,(H,19,20)/b5-4+,9-6-/t14-,15-/m1/s1. The number of ketones is 1. The topological polar surface area (TPSA) is 74.6 Å². The fourth-order valence-electron chi connectivity index (χ4n) is 2.41. The number of rotatable bonds is 4. The van der Waals surface area contributed by atoms with Crippen molar-refractivity contribution in [2.45, 2.75) is 39.2 Å². The van der Waals surface area contributed by atoms with Crippen molar-refractivity contribution in [1.29, 1.82) is 0 Å². The summed E-state index contributed by atoms with van der Waals surface area (Å²) in [6, 6.07) is 0. The Morgan fingerprint density at radius 3 is 2.52 bits per heavy atom. The number of carbonyl (C=O) groups is 2. The highest BCUT2D eigenvalue weighted by Gasteiger charge is 2.55. The Labute approximate surface area is 121 Å². The minimum atomic E-state index is -2.91. The van der Waals surface area contributed by atoms with Crippen molar-refractivity contribution in [3.05, 3.63) is 35.5 Å². The summed E-state index contributed by atoms with van der Waals surface area (Å²) < 4.78 is 26.8. The Morgan fingerprint density at radius 1 is 1.48 bits per heavy atom. The van der Waals surface area contributed by atoms with Gasteiger partial charge in [0.25, 0.3) is 0 Å². The molecule has 0 aliphatic heterocycles. The van der Waals surface area contributed by atoms with Crippen LogP contribution in [-0.4, -0.2) is 34.0 Å².